The molecule has 2 aromatic rings. The topological polar surface area (TPSA) is 97.4 Å². The van der Waals surface area contributed by atoms with Crippen LogP contribution in [-0.4, -0.2) is 35.4 Å². The molecule has 0 radical (unpaired) electrons. The van der Waals surface area contributed by atoms with Gasteiger partial charge in [0.05, 0.1) is 20.6 Å². The van der Waals surface area contributed by atoms with E-state index in [2.05, 4.69) is 15.6 Å². The van der Waals surface area contributed by atoms with Crippen LogP contribution >= 0.6 is 34.8 Å². The van der Waals surface area contributed by atoms with E-state index >= 15 is 0 Å². The molecule has 0 aliphatic heterocycles. The lowest BCUT2D eigenvalue weighted by Crippen LogP contribution is -2.46. The Morgan fingerprint density at radius 3 is 2.41 bits per heavy atom. The number of nitrogens with zero attached hydrogens (tertiary/aromatic N) is 1. The highest BCUT2D eigenvalue weighted by atomic mass is 35.5. The maximum absolute atomic E-state index is 12.4. The molecule has 1 aromatic carbocycles. The van der Waals surface area contributed by atoms with E-state index in [0.717, 1.165) is 0 Å². The van der Waals surface area contributed by atoms with Crippen LogP contribution in [0.25, 0.3) is 0 Å². The van der Waals surface area contributed by atoms with E-state index in [1.165, 1.54) is 18.3 Å². The van der Waals surface area contributed by atoms with Gasteiger partial charge in [-0.05, 0) is 24.1 Å². The predicted octanol–water partition coefficient (Wildman–Crippen LogP) is 3.98. The highest BCUT2D eigenvalue weighted by Crippen LogP contribution is 2.22. The van der Waals surface area contributed by atoms with Crippen molar-refractivity contribution < 1.29 is 19.1 Å². The van der Waals surface area contributed by atoms with Gasteiger partial charge in [0.2, 0.25) is 0 Å². The number of nitrogens with one attached hydrogen (secondary N) is 2. The third kappa shape index (κ3) is 6.59. The first-order chi connectivity index (χ1) is 13.7. The number of pyridine rings is 1. The number of esters is 1. The number of carbonyl (C=O) groups excluding carboxylic acids is 3. The highest BCUT2D eigenvalue weighted by molar-refractivity contribution is 6.36. The molecule has 7 nitrogen and oxygen atoms in total. The predicted molar refractivity (Wildman–Crippen MR) is 111 cm³/mol. The number of anilines is 1. The van der Waals surface area contributed by atoms with E-state index in [1.54, 1.807) is 32.0 Å². The summed E-state index contributed by atoms with van der Waals surface area (Å²) in [6.07, 6.45) is 1.31. The van der Waals surface area contributed by atoms with Crippen LogP contribution in [0, 0.1) is 5.92 Å². The van der Waals surface area contributed by atoms with Gasteiger partial charge < -0.3 is 15.4 Å². The Labute approximate surface area is 182 Å². The second-order valence-electron chi connectivity index (χ2n) is 6.31. The van der Waals surface area contributed by atoms with Crippen molar-refractivity contribution in [3.63, 3.8) is 0 Å². The molecule has 2 amide bonds. The summed E-state index contributed by atoms with van der Waals surface area (Å²) in [5, 5.41) is 5.71. The molecule has 0 saturated heterocycles. The van der Waals surface area contributed by atoms with Gasteiger partial charge in [0, 0.05) is 6.20 Å². The Kier molecular flexibility index (Phi) is 8.25. The van der Waals surface area contributed by atoms with Crippen LogP contribution < -0.4 is 10.6 Å². The quantitative estimate of drug-likeness (QED) is 0.612. The Bertz CT molecular complexity index is 921. The number of amides is 2. The molecule has 154 valence electrons. The number of benzene rings is 1. The van der Waals surface area contributed by atoms with Gasteiger partial charge in [-0.1, -0.05) is 60.8 Å². The third-order valence-electron chi connectivity index (χ3n) is 3.74. The minimum atomic E-state index is -0.969. The Hall–Kier alpha value is -2.35. The molecule has 0 spiro atoms. The fourth-order valence-corrected chi connectivity index (χ4v) is 2.91. The molecule has 0 saturated carbocycles. The van der Waals surface area contributed by atoms with Gasteiger partial charge in [-0.25, -0.2) is 9.78 Å². The Morgan fingerprint density at radius 2 is 1.79 bits per heavy atom. The Balaban J connectivity index is 1.96. The summed E-state index contributed by atoms with van der Waals surface area (Å²) in [4.78, 5) is 40.7. The average Bonchev–Trinajstić information content (AvgIpc) is 2.66. The van der Waals surface area contributed by atoms with Crippen molar-refractivity contribution >= 4 is 58.4 Å². The van der Waals surface area contributed by atoms with Crippen molar-refractivity contribution in [2.75, 3.05) is 11.9 Å². The first-order valence-electron chi connectivity index (χ1n) is 8.52. The lowest BCUT2D eigenvalue weighted by atomic mass is 10.0. The summed E-state index contributed by atoms with van der Waals surface area (Å²) in [5.41, 5.74) is 0.230. The smallest absolute Gasteiger partial charge is 0.329 e. The van der Waals surface area contributed by atoms with Crippen LogP contribution in [0.3, 0.4) is 0 Å². The molecule has 0 fully saturated rings. The number of hydrogen-bond acceptors (Lipinski definition) is 5. The SMILES string of the molecule is CC(C)[C@@H](NC(=O)c1ccccc1Cl)C(=O)OCC(=O)Nc1ncc(Cl)cc1Cl. The largest absolute Gasteiger partial charge is 0.454 e. The number of hydrogen-bond donors (Lipinski definition) is 2. The van der Waals surface area contributed by atoms with Crippen molar-refractivity contribution in [2.45, 2.75) is 19.9 Å². The van der Waals surface area contributed by atoms with Crippen LogP contribution in [0.15, 0.2) is 36.5 Å². The summed E-state index contributed by atoms with van der Waals surface area (Å²) in [5.74, 6) is -2.12. The molecule has 10 heteroatoms. The first kappa shape index (κ1) is 22.9. The second kappa shape index (κ2) is 10.4. The van der Waals surface area contributed by atoms with Crippen molar-refractivity contribution in [2.24, 2.45) is 5.92 Å². The van der Waals surface area contributed by atoms with Crippen molar-refractivity contribution in [3.05, 3.63) is 57.2 Å². The molecule has 1 atom stereocenters. The molecule has 2 rings (SSSR count). The average molecular weight is 459 g/mol. The van der Waals surface area contributed by atoms with Gasteiger partial charge in [-0.15, -0.1) is 0 Å². The summed E-state index contributed by atoms with van der Waals surface area (Å²) in [6, 6.07) is 6.90. The number of aromatic nitrogens is 1. The standard InChI is InChI=1S/C19H18Cl3N3O4/c1-10(2)16(25-18(27)12-5-3-4-6-13(12)21)19(28)29-9-15(26)24-17-14(22)7-11(20)8-23-17/h3-8,10,16H,9H2,1-2H3,(H,25,27)(H,23,24,26)/t16-/m1/s1. The number of ether oxygens (including phenoxy) is 1. The zero-order valence-corrected chi connectivity index (χ0v) is 17.8. The fraction of sp³-hybridized carbons (Fsp3) is 0.263. The van der Waals surface area contributed by atoms with Gasteiger partial charge in [0.1, 0.15) is 6.04 Å². The molecule has 0 unspecified atom stereocenters. The molecular weight excluding hydrogens is 441 g/mol. The zero-order valence-electron chi connectivity index (χ0n) is 15.5. The molecule has 1 aromatic heterocycles. The monoisotopic (exact) mass is 457 g/mol. The summed E-state index contributed by atoms with van der Waals surface area (Å²) >= 11 is 17.7. The van der Waals surface area contributed by atoms with E-state index in [9.17, 15) is 14.4 Å². The normalized spacial score (nSPS) is 11.7. The van der Waals surface area contributed by atoms with E-state index in [-0.39, 0.29) is 27.3 Å². The third-order valence-corrected chi connectivity index (χ3v) is 4.56. The van der Waals surface area contributed by atoms with Gasteiger partial charge in [0.15, 0.2) is 12.4 Å². The molecule has 2 N–H and O–H groups in total. The van der Waals surface area contributed by atoms with E-state index in [1.807, 2.05) is 0 Å². The lowest BCUT2D eigenvalue weighted by molar-refractivity contribution is -0.150. The van der Waals surface area contributed by atoms with Crippen molar-refractivity contribution in [1.29, 1.82) is 0 Å². The maximum atomic E-state index is 12.4. The van der Waals surface area contributed by atoms with Crippen molar-refractivity contribution in [1.82, 2.24) is 10.3 Å². The van der Waals surface area contributed by atoms with Crippen LogP contribution in [0.2, 0.25) is 15.1 Å². The second-order valence-corrected chi connectivity index (χ2v) is 7.57. The van der Waals surface area contributed by atoms with Crippen molar-refractivity contribution in [3.8, 4) is 0 Å². The first-order valence-corrected chi connectivity index (χ1v) is 9.65. The molecular formula is C19H18Cl3N3O4. The number of rotatable bonds is 7. The maximum Gasteiger partial charge on any atom is 0.329 e. The zero-order chi connectivity index (χ0) is 21.6. The molecule has 0 aliphatic rings. The van der Waals surface area contributed by atoms with Gasteiger partial charge in [0.25, 0.3) is 11.8 Å². The summed E-state index contributed by atoms with van der Waals surface area (Å²) in [7, 11) is 0. The summed E-state index contributed by atoms with van der Waals surface area (Å²) < 4.78 is 5.03. The Morgan fingerprint density at radius 1 is 1.10 bits per heavy atom. The minimum absolute atomic E-state index is 0.0875. The number of halogens is 3. The van der Waals surface area contributed by atoms with Crippen LogP contribution in [0.4, 0.5) is 5.82 Å². The highest BCUT2D eigenvalue weighted by Gasteiger charge is 2.27. The van der Waals surface area contributed by atoms with Gasteiger partial charge >= 0.3 is 5.97 Å². The summed E-state index contributed by atoms with van der Waals surface area (Å²) in [6.45, 7) is 2.89. The van der Waals surface area contributed by atoms with Gasteiger partial charge in [-0.3, -0.25) is 9.59 Å². The molecule has 0 aliphatic carbocycles. The van der Waals surface area contributed by atoms with Crippen LogP contribution in [-0.2, 0) is 14.3 Å². The van der Waals surface area contributed by atoms with E-state index in [0.29, 0.717) is 5.02 Å². The van der Waals surface area contributed by atoms with Crippen LogP contribution in [0.1, 0.15) is 24.2 Å². The number of carbonyl (C=O) groups is 3. The van der Waals surface area contributed by atoms with E-state index in [4.69, 9.17) is 39.5 Å². The minimum Gasteiger partial charge on any atom is -0.454 e. The van der Waals surface area contributed by atoms with Crippen LogP contribution in [0.5, 0.6) is 0 Å². The lowest BCUT2D eigenvalue weighted by Gasteiger charge is -2.21. The molecule has 0 bridgehead atoms. The van der Waals surface area contributed by atoms with Gasteiger partial charge in [-0.2, -0.15) is 0 Å². The molecule has 1 heterocycles. The fourth-order valence-electron chi connectivity index (χ4n) is 2.26. The molecule has 29 heavy (non-hydrogen) atoms. The van der Waals surface area contributed by atoms with E-state index < -0.39 is 30.4 Å².